The van der Waals surface area contributed by atoms with Gasteiger partial charge in [-0.1, -0.05) is 30.3 Å². The largest absolute Gasteiger partial charge is 0.338 e. The summed E-state index contributed by atoms with van der Waals surface area (Å²) in [4.78, 5) is 14.2. The molecule has 1 amide bonds. The van der Waals surface area contributed by atoms with Crippen LogP contribution in [0.3, 0.4) is 0 Å². The maximum absolute atomic E-state index is 13.4. The van der Waals surface area contributed by atoms with Crippen LogP contribution in [-0.2, 0) is 11.2 Å². The lowest BCUT2D eigenvalue weighted by molar-refractivity contribution is -0.132. The summed E-state index contributed by atoms with van der Waals surface area (Å²) in [6.07, 6.45) is 1.16. The van der Waals surface area contributed by atoms with Crippen LogP contribution in [-0.4, -0.2) is 36.1 Å². The fraction of sp³-hybridized carbons (Fsp3) is 0.381. The van der Waals surface area contributed by atoms with Crippen molar-refractivity contribution in [3.63, 3.8) is 0 Å². The molecule has 3 nitrogen and oxygen atoms in total. The average Bonchev–Trinajstić information content (AvgIpc) is 3.27. The lowest BCUT2D eigenvalue weighted by Gasteiger charge is -2.25. The van der Waals surface area contributed by atoms with Gasteiger partial charge in [-0.15, -0.1) is 12.4 Å². The van der Waals surface area contributed by atoms with Gasteiger partial charge in [-0.2, -0.15) is 0 Å². The summed E-state index contributed by atoms with van der Waals surface area (Å²) in [5, 5.41) is 0. The molecule has 27 heavy (non-hydrogen) atoms. The standard InChI is InChI=1S/C21H22F2N2O.ClH/c22-16-5-1-13(2-6-16)14-3-7-18-15(11-14)4-8-19(18)20(24)21(26)25-10-9-17(23)12-25;/h1-3,5-7,11,17,19-20H,4,8-10,12,24H2;1H/t17-,19-,20-;/m0./s1. The number of amides is 1. The zero-order chi connectivity index (χ0) is 18.3. The molecule has 1 aliphatic carbocycles. The van der Waals surface area contributed by atoms with E-state index in [2.05, 4.69) is 6.07 Å². The molecule has 0 aromatic heterocycles. The van der Waals surface area contributed by atoms with Crippen molar-refractivity contribution in [2.75, 3.05) is 13.1 Å². The van der Waals surface area contributed by atoms with Gasteiger partial charge < -0.3 is 10.6 Å². The van der Waals surface area contributed by atoms with Crippen LogP contribution >= 0.6 is 12.4 Å². The lowest BCUT2D eigenvalue weighted by Crippen LogP contribution is -2.45. The fourth-order valence-corrected chi connectivity index (χ4v) is 4.15. The predicted octanol–water partition coefficient (Wildman–Crippen LogP) is 3.84. The van der Waals surface area contributed by atoms with Crippen molar-refractivity contribution in [1.29, 1.82) is 0 Å². The number of alkyl halides is 1. The topological polar surface area (TPSA) is 46.3 Å². The molecule has 6 heteroatoms. The van der Waals surface area contributed by atoms with E-state index in [-0.39, 0.29) is 36.6 Å². The van der Waals surface area contributed by atoms with Gasteiger partial charge in [0, 0.05) is 12.5 Å². The monoisotopic (exact) mass is 392 g/mol. The van der Waals surface area contributed by atoms with Crippen molar-refractivity contribution in [2.45, 2.75) is 37.4 Å². The van der Waals surface area contributed by atoms with Gasteiger partial charge in [0.25, 0.3) is 0 Å². The molecule has 2 aromatic rings. The minimum atomic E-state index is -0.930. The van der Waals surface area contributed by atoms with Crippen LogP contribution in [0.15, 0.2) is 42.5 Å². The molecule has 1 fully saturated rings. The number of aryl methyl sites for hydroxylation is 1. The minimum absolute atomic E-state index is 0. The summed E-state index contributed by atoms with van der Waals surface area (Å²) in [7, 11) is 0. The van der Waals surface area contributed by atoms with Crippen LogP contribution in [0.1, 0.15) is 29.9 Å². The third kappa shape index (κ3) is 3.85. The number of likely N-dealkylation sites (tertiary alicyclic amines) is 1. The van der Waals surface area contributed by atoms with Crippen molar-refractivity contribution >= 4 is 18.3 Å². The van der Waals surface area contributed by atoms with Crippen LogP contribution in [0.5, 0.6) is 0 Å². The van der Waals surface area contributed by atoms with E-state index in [1.54, 1.807) is 17.0 Å². The maximum Gasteiger partial charge on any atom is 0.240 e. The average molecular weight is 393 g/mol. The van der Waals surface area contributed by atoms with E-state index in [1.165, 1.54) is 17.7 Å². The smallest absolute Gasteiger partial charge is 0.240 e. The highest BCUT2D eigenvalue weighted by Crippen LogP contribution is 2.38. The Kier molecular flexibility index (Phi) is 5.82. The molecule has 3 atom stereocenters. The Morgan fingerprint density at radius 2 is 1.81 bits per heavy atom. The number of rotatable bonds is 3. The van der Waals surface area contributed by atoms with Crippen molar-refractivity contribution in [2.24, 2.45) is 5.73 Å². The second-order valence-electron chi connectivity index (χ2n) is 7.26. The quantitative estimate of drug-likeness (QED) is 0.862. The number of carbonyl (C=O) groups excluding carboxylic acids is 1. The molecule has 144 valence electrons. The third-order valence-electron chi connectivity index (χ3n) is 5.61. The van der Waals surface area contributed by atoms with Crippen LogP contribution < -0.4 is 5.73 Å². The van der Waals surface area contributed by atoms with Crippen molar-refractivity contribution in [3.05, 3.63) is 59.4 Å². The molecule has 1 saturated heterocycles. The third-order valence-corrected chi connectivity index (χ3v) is 5.61. The number of halogens is 3. The molecule has 1 aliphatic heterocycles. The Hall–Kier alpha value is -1.98. The van der Waals surface area contributed by atoms with Crippen LogP contribution in [0.2, 0.25) is 0 Å². The molecule has 0 bridgehead atoms. The first-order valence-corrected chi connectivity index (χ1v) is 9.10. The van der Waals surface area contributed by atoms with Gasteiger partial charge >= 0.3 is 0 Å². The van der Waals surface area contributed by atoms with Gasteiger partial charge in [0.15, 0.2) is 0 Å². The first-order chi connectivity index (χ1) is 12.5. The van der Waals surface area contributed by atoms with Gasteiger partial charge in [0.2, 0.25) is 5.91 Å². The zero-order valence-corrected chi connectivity index (χ0v) is 15.7. The molecule has 4 rings (SSSR count). The van der Waals surface area contributed by atoms with Gasteiger partial charge in [0.1, 0.15) is 12.0 Å². The molecular weight excluding hydrogens is 370 g/mol. The van der Waals surface area contributed by atoms with E-state index < -0.39 is 12.2 Å². The number of benzene rings is 2. The molecule has 2 aromatic carbocycles. The number of hydrogen-bond acceptors (Lipinski definition) is 2. The van der Waals surface area contributed by atoms with Crippen molar-refractivity contribution in [3.8, 4) is 11.1 Å². The number of hydrogen-bond donors (Lipinski definition) is 1. The SMILES string of the molecule is Cl.N[C@H](C(=O)N1CC[C@H](F)C1)[C@H]1CCc2cc(-c3ccc(F)cc3)ccc21. The molecule has 0 spiro atoms. The molecule has 2 aliphatic rings. The summed E-state index contributed by atoms with van der Waals surface area (Å²) < 4.78 is 26.5. The van der Waals surface area contributed by atoms with Crippen molar-refractivity contribution < 1.29 is 13.6 Å². The normalized spacial score (nSPS) is 22.3. The maximum atomic E-state index is 13.4. The van der Waals surface area contributed by atoms with Gasteiger partial charge in [-0.3, -0.25) is 4.79 Å². The number of nitrogens with zero attached hydrogens (tertiary/aromatic N) is 1. The van der Waals surface area contributed by atoms with Crippen LogP contribution in [0, 0.1) is 5.82 Å². The van der Waals surface area contributed by atoms with Gasteiger partial charge in [0.05, 0.1) is 12.6 Å². The second-order valence-corrected chi connectivity index (χ2v) is 7.26. The summed E-state index contributed by atoms with van der Waals surface area (Å²) in [5.41, 5.74) is 10.6. The summed E-state index contributed by atoms with van der Waals surface area (Å²) in [5.74, 6) is -0.430. The van der Waals surface area contributed by atoms with Gasteiger partial charge in [-0.25, -0.2) is 8.78 Å². The molecule has 0 unspecified atom stereocenters. The van der Waals surface area contributed by atoms with E-state index >= 15 is 0 Å². The van der Waals surface area contributed by atoms with Crippen LogP contribution in [0.4, 0.5) is 8.78 Å². The molecule has 0 saturated carbocycles. The molecular formula is C21H23ClF2N2O. The highest BCUT2D eigenvalue weighted by molar-refractivity contribution is 5.85. The minimum Gasteiger partial charge on any atom is -0.338 e. The summed E-state index contributed by atoms with van der Waals surface area (Å²) in [6.45, 7) is 0.617. The van der Waals surface area contributed by atoms with Crippen LogP contribution in [0.25, 0.3) is 11.1 Å². The summed E-state index contributed by atoms with van der Waals surface area (Å²) in [6, 6.07) is 11.9. The summed E-state index contributed by atoms with van der Waals surface area (Å²) >= 11 is 0. The Labute approximate surface area is 164 Å². The lowest BCUT2D eigenvalue weighted by atomic mass is 9.91. The Morgan fingerprint density at radius 1 is 1.11 bits per heavy atom. The Bertz CT molecular complexity index is 827. The van der Waals surface area contributed by atoms with Crippen molar-refractivity contribution in [1.82, 2.24) is 4.90 Å². The predicted molar refractivity (Wildman–Crippen MR) is 104 cm³/mol. The van der Waals surface area contributed by atoms with E-state index in [9.17, 15) is 13.6 Å². The van der Waals surface area contributed by atoms with E-state index in [1.807, 2.05) is 12.1 Å². The highest BCUT2D eigenvalue weighted by atomic mass is 35.5. The Morgan fingerprint density at radius 3 is 2.48 bits per heavy atom. The fourth-order valence-electron chi connectivity index (χ4n) is 4.15. The van der Waals surface area contributed by atoms with E-state index in [4.69, 9.17) is 5.73 Å². The molecule has 2 N–H and O–H groups in total. The Balaban J connectivity index is 0.00000210. The zero-order valence-electron chi connectivity index (χ0n) is 14.9. The van der Waals surface area contributed by atoms with E-state index in [0.29, 0.717) is 13.0 Å². The first kappa shape index (κ1) is 19.8. The molecule has 1 heterocycles. The molecule has 0 radical (unpaired) electrons. The number of fused-ring (bicyclic) bond motifs is 1. The number of nitrogens with two attached hydrogens (primary N) is 1. The van der Waals surface area contributed by atoms with E-state index in [0.717, 1.165) is 29.5 Å². The first-order valence-electron chi connectivity index (χ1n) is 9.10. The highest BCUT2D eigenvalue weighted by Gasteiger charge is 2.36. The second kappa shape index (κ2) is 7.95. The van der Waals surface area contributed by atoms with Gasteiger partial charge in [-0.05, 0) is 53.6 Å². The number of carbonyl (C=O) groups is 1.